The maximum Gasteiger partial charge on any atom is 0.282 e. The number of carbonyl (C=O) groups is 1. The zero-order valence-corrected chi connectivity index (χ0v) is 13.3. The van der Waals surface area contributed by atoms with Crippen LogP contribution in [0.1, 0.15) is 9.80 Å². The maximum atomic E-state index is 12.6. The highest BCUT2D eigenvalue weighted by atomic mass is 32.1. The molecule has 1 aliphatic heterocycles. The van der Waals surface area contributed by atoms with Crippen molar-refractivity contribution in [3.05, 3.63) is 35.5 Å². The van der Waals surface area contributed by atoms with Gasteiger partial charge < -0.3 is 9.80 Å². The summed E-state index contributed by atoms with van der Waals surface area (Å²) in [6.07, 6.45) is 1.77. The zero-order valence-electron chi connectivity index (χ0n) is 11.7. The molecule has 112 valence electrons. The van der Waals surface area contributed by atoms with Gasteiger partial charge in [0.15, 0.2) is 10.8 Å². The SMILES string of the molecule is O=C(c1nc2ccccc2s1)N1CCN(c2cnsn2)CC1. The molecule has 2 aromatic heterocycles. The normalized spacial score (nSPS) is 15.5. The lowest BCUT2D eigenvalue weighted by atomic mass is 10.3. The van der Waals surface area contributed by atoms with Gasteiger partial charge in [0, 0.05) is 26.2 Å². The Morgan fingerprint density at radius 2 is 1.95 bits per heavy atom. The van der Waals surface area contributed by atoms with Gasteiger partial charge in [-0.15, -0.1) is 11.3 Å². The Morgan fingerprint density at radius 3 is 2.68 bits per heavy atom. The van der Waals surface area contributed by atoms with E-state index in [0.29, 0.717) is 18.1 Å². The van der Waals surface area contributed by atoms with Gasteiger partial charge in [-0.3, -0.25) is 4.79 Å². The van der Waals surface area contributed by atoms with Gasteiger partial charge in [-0.25, -0.2) is 4.98 Å². The second kappa shape index (κ2) is 5.62. The van der Waals surface area contributed by atoms with Gasteiger partial charge in [-0.1, -0.05) is 12.1 Å². The van der Waals surface area contributed by atoms with Gasteiger partial charge in [-0.2, -0.15) is 8.75 Å². The molecular weight excluding hydrogens is 318 g/mol. The van der Waals surface area contributed by atoms with Crippen LogP contribution in [-0.4, -0.2) is 50.7 Å². The summed E-state index contributed by atoms with van der Waals surface area (Å²) in [5, 5.41) is 0.574. The number of nitrogens with zero attached hydrogens (tertiary/aromatic N) is 5. The smallest absolute Gasteiger partial charge is 0.282 e. The van der Waals surface area contributed by atoms with Gasteiger partial charge in [0.25, 0.3) is 5.91 Å². The summed E-state index contributed by atoms with van der Waals surface area (Å²) in [4.78, 5) is 21.1. The molecule has 22 heavy (non-hydrogen) atoms. The van der Waals surface area contributed by atoms with E-state index >= 15 is 0 Å². The maximum absolute atomic E-state index is 12.6. The van der Waals surface area contributed by atoms with Crippen molar-refractivity contribution in [3.63, 3.8) is 0 Å². The summed E-state index contributed by atoms with van der Waals surface area (Å²) < 4.78 is 9.32. The topological polar surface area (TPSA) is 62.2 Å². The summed E-state index contributed by atoms with van der Waals surface area (Å²) in [6.45, 7) is 2.93. The van der Waals surface area contributed by atoms with Gasteiger partial charge in [-0.05, 0) is 12.1 Å². The lowest BCUT2D eigenvalue weighted by Gasteiger charge is -2.34. The first kappa shape index (κ1) is 13.6. The van der Waals surface area contributed by atoms with Crippen LogP contribution in [0.2, 0.25) is 0 Å². The molecule has 1 aliphatic rings. The molecule has 0 spiro atoms. The fraction of sp³-hybridized carbons (Fsp3) is 0.286. The van der Waals surface area contributed by atoms with Crippen molar-refractivity contribution in [1.82, 2.24) is 18.6 Å². The number of benzene rings is 1. The van der Waals surface area contributed by atoms with Gasteiger partial charge in [0.05, 0.1) is 28.1 Å². The number of anilines is 1. The van der Waals surface area contributed by atoms with Crippen molar-refractivity contribution in [3.8, 4) is 0 Å². The van der Waals surface area contributed by atoms with Crippen molar-refractivity contribution in [2.24, 2.45) is 0 Å². The molecule has 1 aromatic carbocycles. The van der Waals surface area contributed by atoms with Crippen LogP contribution in [0.25, 0.3) is 10.2 Å². The van der Waals surface area contributed by atoms with Crippen LogP contribution in [0.5, 0.6) is 0 Å². The first-order valence-corrected chi connectivity index (χ1v) is 8.53. The second-order valence-corrected chi connectivity index (χ2v) is 6.62. The number of hydrogen-bond donors (Lipinski definition) is 0. The van der Waals surface area contributed by atoms with E-state index in [1.807, 2.05) is 29.2 Å². The van der Waals surface area contributed by atoms with Crippen molar-refractivity contribution >= 4 is 45.0 Å². The summed E-state index contributed by atoms with van der Waals surface area (Å²) >= 11 is 2.67. The monoisotopic (exact) mass is 331 g/mol. The van der Waals surface area contributed by atoms with E-state index in [4.69, 9.17) is 0 Å². The Bertz CT molecular complexity index is 760. The summed E-state index contributed by atoms with van der Waals surface area (Å²) in [6, 6.07) is 7.85. The number of piperazine rings is 1. The highest BCUT2D eigenvalue weighted by molar-refractivity contribution is 7.20. The molecule has 0 atom stereocenters. The molecule has 6 nitrogen and oxygen atoms in total. The van der Waals surface area contributed by atoms with Gasteiger partial charge in [0.2, 0.25) is 0 Å². The summed E-state index contributed by atoms with van der Waals surface area (Å²) in [5.74, 6) is 0.925. The third-order valence-corrected chi connectivity index (χ3v) is 5.21. The molecule has 3 aromatic rings. The molecule has 0 aliphatic carbocycles. The van der Waals surface area contributed by atoms with E-state index in [9.17, 15) is 4.79 Å². The summed E-state index contributed by atoms with van der Waals surface area (Å²) in [7, 11) is 0. The average molecular weight is 331 g/mol. The highest BCUT2D eigenvalue weighted by Gasteiger charge is 2.25. The van der Waals surface area contributed by atoms with E-state index < -0.39 is 0 Å². The van der Waals surface area contributed by atoms with Crippen LogP contribution in [0.15, 0.2) is 30.5 Å². The van der Waals surface area contributed by atoms with Crippen molar-refractivity contribution in [2.45, 2.75) is 0 Å². The predicted octanol–water partition coefficient (Wildman–Crippen LogP) is 2.11. The quantitative estimate of drug-likeness (QED) is 0.720. The molecule has 1 amide bonds. The number of amides is 1. The van der Waals surface area contributed by atoms with Crippen LogP contribution in [-0.2, 0) is 0 Å². The van der Waals surface area contributed by atoms with E-state index in [-0.39, 0.29) is 5.91 Å². The number of thiazole rings is 1. The molecule has 1 saturated heterocycles. The standard InChI is InChI=1S/C14H13N5OS2/c20-14(13-16-10-3-1-2-4-11(10)21-13)19-7-5-18(6-8-19)12-9-15-22-17-12/h1-4,9H,5-8H2. The largest absolute Gasteiger partial charge is 0.351 e. The number of hydrogen-bond acceptors (Lipinski definition) is 7. The molecule has 3 heterocycles. The van der Waals surface area contributed by atoms with E-state index in [1.165, 1.54) is 23.1 Å². The molecular formula is C14H13N5OS2. The van der Waals surface area contributed by atoms with Crippen molar-refractivity contribution in [2.75, 3.05) is 31.1 Å². The fourth-order valence-electron chi connectivity index (χ4n) is 2.54. The molecule has 0 saturated carbocycles. The minimum Gasteiger partial charge on any atom is -0.351 e. The lowest BCUT2D eigenvalue weighted by Crippen LogP contribution is -2.48. The third kappa shape index (κ3) is 2.44. The van der Waals surface area contributed by atoms with Gasteiger partial charge in [0.1, 0.15) is 0 Å². The zero-order chi connectivity index (χ0) is 14.9. The van der Waals surface area contributed by atoms with Crippen LogP contribution in [0.4, 0.5) is 5.82 Å². The molecule has 1 fully saturated rings. The molecule has 0 N–H and O–H groups in total. The molecule has 4 rings (SSSR count). The van der Waals surface area contributed by atoms with E-state index in [0.717, 1.165) is 29.1 Å². The first-order valence-electron chi connectivity index (χ1n) is 6.98. The second-order valence-electron chi connectivity index (χ2n) is 5.03. The minimum absolute atomic E-state index is 0.0252. The fourth-order valence-corrected chi connectivity index (χ4v) is 3.91. The van der Waals surface area contributed by atoms with Crippen molar-refractivity contribution < 1.29 is 4.79 Å². The van der Waals surface area contributed by atoms with Gasteiger partial charge >= 0.3 is 0 Å². The van der Waals surface area contributed by atoms with E-state index in [1.54, 1.807) is 6.20 Å². The number of aromatic nitrogens is 3. The number of fused-ring (bicyclic) bond motifs is 1. The van der Waals surface area contributed by atoms with E-state index in [2.05, 4.69) is 18.6 Å². The van der Waals surface area contributed by atoms with Crippen LogP contribution >= 0.6 is 23.1 Å². The molecule has 0 bridgehead atoms. The van der Waals surface area contributed by atoms with Crippen molar-refractivity contribution in [1.29, 1.82) is 0 Å². The van der Waals surface area contributed by atoms with Crippen LogP contribution in [0.3, 0.4) is 0 Å². The predicted molar refractivity (Wildman–Crippen MR) is 87.6 cm³/mol. The molecule has 0 radical (unpaired) electrons. The van der Waals surface area contributed by atoms with Crippen LogP contribution in [0, 0.1) is 0 Å². The minimum atomic E-state index is 0.0252. The Labute approximate surface area is 135 Å². The molecule has 0 unspecified atom stereocenters. The lowest BCUT2D eigenvalue weighted by molar-refractivity contribution is 0.0746. The Morgan fingerprint density at radius 1 is 1.14 bits per heavy atom. The number of carbonyl (C=O) groups excluding carboxylic acids is 1. The molecule has 8 heteroatoms. The Balaban J connectivity index is 1.47. The Hall–Kier alpha value is -2.06. The number of para-hydroxylation sites is 1. The highest BCUT2D eigenvalue weighted by Crippen LogP contribution is 2.23. The average Bonchev–Trinajstić information content (AvgIpc) is 3.23. The first-order chi connectivity index (χ1) is 10.8. The Kier molecular flexibility index (Phi) is 3.47. The summed E-state index contributed by atoms with van der Waals surface area (Å²) in [5.41, 5.74) is 0.892. The van der Waals surface area contributed by atoms with Crippen LogP contribution < -0.4 is 4.90 Å². The number of rotatable bonds is 2. The third-order valence-electron chi connectivity index (χ3n) is 3.72.